The van der Waals surface area contributed by atoms with Crippen molar-refractivity contribution in [1.82, 2.24) is 19.8 Å². The number of thiophene rings is 1. The summed E-state index contributed by atoms with van der Waals surface area (Å²) in [7, 11) is 3.19. The van der Waals surface area contributed by atoms with Gasteiger partial charge in [0, 0.05) is 89.4 Å². The van der Waals surface area contributed by atoms with E-state index in [0.717, 1.165) is 55.6 Å². The second-order valence-corrected chi connectivity index (χ2v) is 15.7. The number of likely N-dealkylation sites (tertiary alicyclic amines) is 1. The molecular formula is C43H45FN4O6S. The molecule has 1 saturated heterocycles. The number of nitrogens with zero attached hydrogens (tertiary/aromatic N) is 4. The van der Waals surface area contributed by atoms with Gasteiger partial charge in [0.1, 0.15) is 23.8 Å². The van der Waals surface area contributed by atoms with Crippen LogP contribution in [0.5, 0.6) is 11.6 Å². The van der Waals surface area contributed by atoms with Crippen LogP contribution in [0.25, 0.3) is 43.7 Å². The van der Waals surface area contributed by atoms with Crippen LogP contribution in [0.3, 0.4) is 0 Å². The Kier molecular flexibility index (Phi) is 10.9. The Morgan fingerprint density at radius 2 is 1.84 bits per heavy atom. The average molecular weight is 765 g/mol. The largest absolute Gasteiger partial charge is 0.490 e. The van der Waals surface area contributed by atoms with Gasteiger partial charge in [-0.3, -0.25) is 4.79 Å². The Morgan fingerprint density at radius 1 is 1.00 bits per heavy atom. The Labute approximate surface area is 324 Å². The number of aromatic nitrogens is 2. The number of pyridine rings is 2. The van der Waals surface area contributed by atoms with Crippen LogP contribution in [0, 0.1) is 5.82 Å². The minimum absolute atomic E-state index is 0.0145. The van der Waals surface area contributed by atoms with Gasteiger partial charge in [-0.2, -0.15) is 0 Å². The number of carbonyl (C=O) groups is 2. The van der Waals surface area contributed by atoms with E-state index in [1.165, 1.54) is 18.2 Å². The average Bonchev–Trinajstić information content (AvgIpc) is 3.87. The van der Waals surface area contributed by atoms with E-state index in [1.54, 1.807) is 47.6 Å². The molecule has 0 spiro atoms. The van der Waals surface area contributed by atoms with E-state index in [2.05, 4.69) is 36.9 Å². The third-order valence-corrected chi connectivity index (χ3v) is 10.9. The lowest BCUT2D eigenvalue weighted by Gasteiger charge is -2.31. The molecule has 0 radical (unpaired) electrons. The summed E-state index contributed by atoms with van der Waals surface area (Å²) in [5, 5.41) is 2.98. The van der Waals surface area contributed by atoms with Crippen LogP contribution in [0.2, 0.25) is 0 Å². The highest BCUT2D eigenvalue weighted by molar-refractivity contribution is 7.18. The Bertz CT molecular complexity index is 2270. The van der Waals surface area contributed by atoms with Crippen LogP contribution in [0.4, 0.5) is 9.18 Å². The van der Waals surface area contributed by atoms with Crippen molar-refractivity contribution >= 4 is 33.4 Å². The highest BCUT2D eigenvalue weighted by atomic mass is 32.1. The van der Waals surface area contributed by atoms with Crippen molar-refractivity contribution in [2.45, 2.75) is 51.7 Å². The first-order chi connectivity index (χ1) is 26.5. The summed E-state index contributed by atoms with van der Waals surface area (Å²) in [4.78, 5) is 39.2. The zero-order valence-electron chi connectivity index (χ0n) is 31.8. The second kappa shape index (κ2) is 15.8. The van der Waals surface area contributed by atoms with E-state index in [9.17, 15) is 14.0 Å². The highest BCUT2D eigenvalue weighted by Gasteiger charge is 2.31. The van der Waals surface area contributed by atoms with Gasteiger partial charge in [-0.25, -0.2) is 19.2 Å². The summed E-state index contributed by atoms with van der Waals surface area (Å²) in [6.45, 7) is 12.0. The fraction of sp³-hybridized carbons (Fsp3) is 0.349. The topological polar surface area (TPSA) is 103 Å². The Morgan fingerprint density at radius 3 is 2.60 bits per heavy atom. The van der Waals surface area contributed by atoms with E-state index in [-0.39, 0.29) is 24.5 Å². The third kappa shape index (κ3) is 7.92. The lowest BCUT2D eigenvalue weighted by Crippen LogP contribution is -2.39. The Hall–Kier alpha value is -5.33. The van der Waals surface area contributed by atoms with Gasteiger partial charge in [-0.1, -0.05) is 18.7 Å². The molecule has 3 aromatic heterocycles. The fourth-order valence-electron chi connectivity index (χ4n) is 7.35. The number of rotatable bonds is 10. The van der Waals surface area contributed by atoms with Gasteiger partial charge in [-0.15, -0.1) is 11.3 Å². The summed E-state index contributed by atoms with van der Waals surface area (Å²) in [6, 6.07) is 15.0. The van der Waals surface area contributed by atoms with Crippen LogP contribution in [0.15, 0.2) is 72.8 Å². The van der Waals surface area contributed by atoms with Gasteiger partial charge in [0.25, 0.3) is 0 Å². The number of hydrogen-bond donors (Lipinski definition) is 0. The summed E-state index contributed by atoms with van der Waals surface area (Å²) < 4.78 is 38.6. The SMILES string of the molecule is C=CC(=O)N1CCC(c2cc(-c3nc(-c4ccc5c(c4)CCN(C(=O)OC(C)(C)C)C5)c4ccsc4c3-c3ccc(F)cc3OCCOC)cnc2OC)C1. The summed E-state index contributed by atoms with van der Waals surface area (Å²) in [5.41, 5.74) is 7.11. The van der Waals surface area contributed by atoms with E-state index < -0.39 is 11.4 Å². The first-order valence-electron chi connectivity index (χ1n) is 18.4. The molecule has 7 rings (SSSR count). The summed E-state index contributed by atoms with van der Waals surface area (Å²) in [6.07, 6.45) is 4.20. The molecule has 1 unspecified atom stereocenters. The van der Waals surface area contributed by atoms with Gasteiger partial charge in [-0.05, 0) is 86.5 Å². The Balaban J connectivity index is 1.38. The standard InChI is InChI=1S/C43H45FN4O6S/c1-7-36(49)47-15-13-29(25-47)34-21-30(23-45-41(34)52-6)39-37(32-11-10-31(44)22-35(32)53-18-17-51-5)40-33(14-19-55-40)38(46-39)27-8-9-28-24-48(16-12-26(28)20-27)42(50)54-43(2,3)4/h7-11,14,19-23,29H,1,12-13,15-18,24-25H2,2-6H3. The molecule has 0 aliphatic carbocycles. The number of hydrogen-bond acceptors (Lipinski definition) is 9. The van der Waals surface area contributed by atoms with E-state index in [0.29, 0.717) is 62.1 Å². The molecule has 2 aliphatic heterocycles. The number of amides is 2. The molecule has 0 saturated carbocycles. The maximum atomic E-state index is 14.8. The quantitative estimate of drug-likeness (QED) is 0.103. The highest BCUT2D eigenvalue weighted by Crippen LogP contribution is 2.47. The molecule has 2 amide bonds. The lowest BCUT2D eigenvalue weighted by atomic mass is 9.92. The second-order valence-electron chi connectivity index (χ2n) is 14.8. The third-order valence-electron chi connectivity index (χ3n) is 9.97. The first kappa shape index (κ1) is 38.0. The zero-order chi connectivity index (χ0) is 38.9. The van der Waals surface area contributed by atoms with Crippen molar-refractivity contribution in [1.29, 1.82) is 0 Å². The predicted octanol–water partition coefficient (Wildman–Crippen LogP) is 8.66. The number of benzene rings is 2. The van der Waals surface area contributed by atoms with Gasteiger partial charge >= 0.3 is 6.09 Å². The van der Waals surface area contributed by atoms with Gasteiger partial charge in [0.05, 0.1) is 25.1 Å². The van der Waals surface area contributed by atoms with Crippen LogP contribution in [-0.2, 0) is 27.2 Å². The minimum atomic E-state index is -0.574. The smallest absolute Gasteiger partial charge is 0.410 e. The van der Waals surface area contributed by atoms with Crippen LogP contribution >= 0.6 is 11.3 Å². The first-order valence-corrected chi connectivity index (χ1v) is 19.2. The molecule has 0 N–H and O–H groups in total. The van der Waals surface area contributed by atoms with Gasteiger partial charge < -0.3 is 28.7 Å². The van der Waals surface area contributed by atoms with Gasteiger partial charge in [0.15, 0.2) is 0 Å². The number of halogens is 1. The minimum Gasteiger partial charge on any atom is -0.490 e. The molecule has 286 valence electrons. The van der Waals surface area contributed by atoms with Crippen LogP contribution in [0.1, 0.15) is 49.8 Å². The number of carbonyl (C=O) groups excluding carboxylic acids is 2. The van der Waals surface area contributed by atoms with Crippen molar-refractivity contribution < 1.29 is 32.9 Å². The van der Waals surface area contributed by atoms with E-state index >= 15 is 0 Å². The van der Waals surface area contributed by atoms with Crippen LogP contribution < -0.4 is 9.47 Å². The molecule has 5 aromatic rings. The molecule has 12 heteroatoms. The molecule has 0 bridgehead atoms. The molecule has 1 atom stereocenters. The van der Waals surface area contributed by atoms with Crippen molar-refractivity contribution in [3.8, 4) is 45.3 Å². The molecule has 2 aromatic carbocycles. The fourth-order valence-corrected chi connectivity index (χ4v) is 8.30. The monoisotopic (exact) mass is 764 g/mol. The molecular weight excluding hydrogens is 720 g/mol. The maximum absolute atomic E-state index is 14.8. The lowest BCUT2D eigenvalue weighted by molar-refractivity contribution is -0.125. The number of ether oxygens (including phenoxy) is 4. The maximum Gasteiger partial charge on any atom is 0.410 e. The van der Waals surface area contributed by atoms with E-state index in [1.807, 2.05) is 26.2 Å². The number of methoxy groups -OCH3 is 2. The van der Waals surface area contributed by atoms with Gasteiger partial charge in [0.2, 0.25) is 11.8 Å². The van der Waals surface area contributed by atoms with Crippen molar-refractivity contribution in [3.05, 3.63) is 95.3 Å². The molecule has 2 aliphatic rings. The van der Waals surface area contributed by atoms with E-state index in [4.69, 9.17) is 28.9 Å². The molecule has 1 fully saturated rings. The van der Waals surface area contributed by atoms with Crippen molar-refractivity contribution in [2.75, 3.05) is 47.1 Å². The predicted molar refractivity (Wildman–Crippen MR) is 212 cm³/mol. The summed E-state index contributed by atoms with van der Waals surface area (Å²) >= 11 is 1.58. The summed E-state index contributed by atoms with van der Waals surface area (Å²) in [5.74, 6) is 0.321. The van der Waals surface area contributed by atoms with Crippen LogP contribution in [-0.4, -0.2) is 84.4 Å². The zero-order valence-corrected chi connectivity index (χ0v) is 32.6. The molecule has 10 nitrogen and oxygen atoms in total. The van der Waals surface area contributed by atoms with Crippen molar-refractivity contribution in [3.63, 3.8) is 0 Å². The molecule has 55 heavy (non-hydrogen) atoms. The van der Waals surface area contributed by atoms with Crippen molar-refractivity contribution in [2.24, 2.45) is 0 Å². The number of fused-ring (bicyclic) bond motifs is 2. The molecule has 5 heterocycles. The normalized spacial score (nSPS) is 15.6.